The lowest BCUT2D eigenvalue weighted by molar-refractivity contribution is -0.313. The van der Waals surface area contributed by atoms with Gasteiger partial charge in [0.1, 0.15) is 5.75 Å². The Labute approximate surface area is 110 Å². The van der Waals surface area contributed by atoms with Gasteiger partial charge < -0.3 is 20.3 Å². The molecular weight excluding hydrogens is 246 g/mol. The average Bonchev–Trinajstić information content (AvgIpc) is 2.38. The number of nitrogens with one attached hydrogen (secondary N) is 1. The van der Waals surface area contributed by atoms with Crippen molar-refractivity contribution in [3.8, 4) is 5.75 Å². The van der Waals surface area contributed by atoms with Crippen LogP contribution in [0.3, 0.4) is 0 Å². The first-order chi connectivity index (χ1) is 9.08. The van der Waals surface area contributed by atoms with Crippen LogP contribution < -0.4 is 10.4 Å². The summed E-state index contributed by atoms with van der Waals surface area (Å²) in [6.07, 6.45) is 4.23. The number of rotatable bonds is 3. The van der Waals surface area contributed by atoms with Gasteiger partial charge in [-0.2, -0.15) is 0 Å². The molecule has 1 aromatic carbocycles. The molecule has 0 radical (unpaired) electrons. The zero-order valence-electron chi connectivity index (χ0n) is 10.2. The second-order valence-corrected chi connectivity index (χ2v) is 4.51. The summed E-state index contributed by atoms with van der Waals surface area (Å²) in [5.74, 6) is -2.98. The van der Waals surface area contributed by atoms with Gasteiger partial charge in [0.15, 0.2) is 0 Å². The number of allylic oxidation sites excluding steroid dienone is 2. The van der Waals surface area contributed by atoms with Gasteiger partial charge in [-0.3, -0.25) is 4.79 Å². The summed E-state index contributed by atoms with van der Waals surface area (Å²) >= 11 is 0. The number of carboxylic acids is 1. The van der Waals surface area contributed by atoms with E-state index in [9.17, 15) is 19.8 Å². The SMILES string of the molecule is O=C(Nc1cccc(O)c1)[C@H]1CC=CC[C@H]1C(=O)[O-]. The summed E-state index contributed by atoms with van der Waals surface area (Å²) in [7, 11) is 0. The first-order valence-corrected chi connectivity index (χ1v) is 6.03. The van der Waals surface area contributed by atoms with Gasteiger partial charge in [-0.05, 0) is 25.0 Å². The van der Waals surface area contributed by atoms with Crippen molar-refractivity contribution in [2.45, 2.75) is 12.8 Å². The summed E-state index contributed by atoms with van der Waals surface area (Å²) in [5, 5.41) is 22.9. The van der Waals surface area contributed by atoms with Crippen LogP contribution in [-0.2, 0) is 9.59 Å². The Morgan fingerprint density at radius 2 is 1.89 bits per heavy atom. The molecule has 0 spiro atoms. The van der Waals surface area contributed by atoms with Crippen molar-refractivity contribution in [2.75, 3.05) is 5.32 Å². The normalized spacial score (nSPS) is 21.9. The molecule has 0 unspecified atom stereocenters. The maximum Gasteiger partial charge on any atom is 0.228 e. The molecular formula is C14H14NO4-. The molecule has 1 amide bonds. The maximum absolute atomic E-state index is 12.1. The van der Waals surface area contributed by atoms with Crippen molar-refractivity contribution >= 4 is 17.6 Å². The highest BCUT2D eigenvalue weighted by atomic mass is 16.4. The Morgan fingerprint density at radius 1 is 1.21 bits per heavy atom. The van der Waals surface area contributed by atoms with E-state index >= 15 is 0 Å². The number of carbonyl (C=O) groups excluding carboxylic acids is 2. The third-order valence-corrected chi connectivity index (χ3v) is 3.19. The minimum Gasteiger partial charge on any atom is -0.550 e. The molecule has 0 fully saturated rings. The van der Waals surface area contributed by atoms with Crippen molar-refractivity contribution in [3.05, 3.63) is 36.4 Å². The number of carboxylic acid groups (broad SMARTS) is 1. The molecule has 2 atom stereocenters. The van der Waals surface area contributed by atoms with Crippen LogP contribution in [0.5, 0.6) is 5.75 Å². The number of hydrogen-bond donors (Lipinski definition) is 2. The minimum atomic E-state index is -1.21. The summed E-state index contributed by atoms with van der Waals surface area (Å²) < 4.78 is 0. The molecule has 2 N–H and O–H groups in total. The molecule has 1 aliphatic rings. The van der Waals surface area contributed by atoms with Crippen molar-refractivity contribution < 1.29 is 19.8 Å². The molecule has 0 saturated carbocycles. The number of phenolic OH excluding ortho intramolecular Hbond substituents is 1. The Hall–Kier alpha value is -2.30. The molecule has 19 heavy (non-hydrogen) atoms. The van der Waals surface area contributed by atoms with Crippen LogP contribution in [0, 0.1) is 11.8 Å². The van der Waals surface area contributed by atoms with E-state index in [-0.39, 0.29) is 11.7 Å². The van der Waals surface area contributed by atoms with E-state index in [1.807, 2.05) is 0 Å². The van der Waals surface area contributed by atoms with Gasteiger partial charge in [-0.15, -0.1) is 0 Å². The number of phenols is 1. The minimum absolute atomic E-state index is 0.0396. The van der Waals surface area contributed by atoms with Gasteiger partial charge in [0.2, 0.25) is 5.91 Å². The zero-order chi connectivity index (χ0) is 13.8. The van der Waals surface area contributed by atoms with Gasteiger partial charge in [0.25, 0.3) is 0 Å². The van der Waals surface area contributed by atoms with Gasteiger partial charge >= 0.3 is 0 Å². The van der Waals surface area contributed by atoms with E-state index in [4.69, 9.17) is 0 Å². The molecule has 1 aromatic rings. The zero-order valence-corrected chi connectivity index (χ0v) is 10.2. The molecule has 100 valence electrons. The maximum atomic E-state index is 12.1. The highest BCUT2D eigenvalue weighted by Gasteiger charge is 2.29. The Kier molecular flexibility index (Phi) is 3.85. The van der Waals surface area contributed by atoms with Crippen LogP contribution >= 0.6 is 0 Å². The van der Waals surface area contributed by atoms with Crippen LogP contribution in [0.2, 0.25) is 0 Å². The van der Waals surface area contributed by atoms with E-state index in [1.165, 1.54) is 12.1 Å². The predicted octanol–water partition coefficient (Wildman–Crippen LogP) is 0.663. The molecule has 0 bridgehead atoms. The van der Waals surface area contributed by atoms with Gasteiger partial charge in [0.05, 0.1) is 5.92 Å². The van der Waals surface area contributed by atoms with E-state index in [1.54, 1.807) is 24.3 Å². The van der Waals surface area contributed by atoms with Gasteiger partial charge in [-0.1, -0.05) is 18.2 Å². The molecule has 0 heterocycles. The van der Waals surface area contributed by atoms with Crippen molar-refractivity contribution in [1.82, 2.24) is 0 Å². The topological polar surface area (TPSA) is 89.5 Å². The Bertz CT molecular complexity index is 524. The number of amides is 1. The molecule has 2 rings (SSSR count). The summed E-state index contributed by atoms with van der Waals surface area (Å²) in [5.41, 5.74) is 0.441. The molecule has 5 nitrogen and oxygen atoms in total. The molecule has 0 aliphatic heterocycles. The van der Waals surface area contributed by atoms with Crippen LogP contribution in [0.4, 0.5) is 5.69 Å². The fourth-order valence-electron chi connectivity index (χ4n) is 2.18. The third kappa shape index (κ3) is 3.13. The standard InChI is InChI=1S/C14H15NO4/c16-10-5-3-4-9(8-10)15-13(17)11-6-1-2-7-12(11)14(18)19/h1-5,8,11-12,16H,6-7H2,(H,15,17)(H,18,19)/p-1/t11-,12+/m0/s1. The third-order valence-electron chi connectivity index (χ3n) is 3.19. The predicted molar refractivity (Wildman–Crippen MR) is 67.1 cm³/mol. The summed E-state index contributed by atoms with van der Waals surface area (Å²) in [4.78, 5) is 23.1. The van der Waals surface area contributed by atoms with Crippen LogP contribution in [0.15, 0.2) is 36.4 Å². The first-order valence-electron chi connectivity index (χ1n) is 6.03. The van der Waals surface area contributed by atoms with E-state index < -0.39 is 17.8 Å². The fraction of sp³-hybridized carbons (Fsp3) is 0.286. The van der Waals surface area contributed by atoms with Crippen molar-refractivity contribution in [3.63, 3.8) is 0 Å². The number of benzene rings is 1. The van der Waals surface area contributed by atoms with Gasteiger partial charge in [-0.25, -0.2) is 0 Å². The molecule has 0 aromatic heterocycles. The van der Waals surface area contributed by atoms with Gasteiger partial charge in [0, 0.05) is 23.6 Å². The highest BCUT2D eigenvalue weighted by Crippen LogP contribution is 2.27. The average molecular weight is 260 g/mol. The monoisotopic (exact) mass is 260 g/mol. The number of aliphatic carboxylic acids is 1. The number of hydrogen-bond acceptors (Lipinski definition) is 4. The van der Waals surface area contributed by atoms with Crippen LogP contribution in [-0.4, -0.2) is 17.0 Å². The highest BCUT2D eigenvalue weighted by molar-refractivity contribution is 5.95. The number of anilines is 1. The molecule has 5 heteroatoms. The largest absolute Gasteiger partial charge is 0.550 e. The number of aromatic hydroxyl groups is 1. The lowest BCUT2D eigenvalue weighted by atomic mass is 9.82. The summed E-state index contributed by atoms with van der Waals surface area (Å²) in [6, 6.07) is 6.12. The van der Waals surface area contributed by atoms with Crippen molar-refractivity contribution in [2.24, 2.45) is 11.8 Å². The van der Waals surface area contributed by atoms with Crippen LogP contribution in [0.1, 0.15) is 12.8 Å². The second kappa shape index (κ2) is 5.56. The quantitative estimate of drug-likeness (QED) is 0.781. The molecule has 1 aliphatic carbocycles. The smallest absolute Gasteiger partial charge is 0.228 e. The second-order valence-electron chi connectivity index (χ2n) is 4.51. The first kappa shape index (κ1) is 13.1. The summed E-state index contributed by atoms with van der Waals surface area (Å²) in [6.45, 7) is 0. The Morgan fingerprint density at radius 3 is 2.53 bits per heavy atom. The fourth-order valence-corrected chi connectivity index (χ4v) is 2.18. The molecule has 0 saturated heterocycles. The lowest BCUT2D eigenvalue weighted by Crippen LogP contribution is -2.41. The van der Waals surface area contributed by atoms with E-state index in [0.29, 0.717) is 18.5 Å². The Balaban J connectivity index is 2.10. The van der Waals surface area contributed by atoms with Crippen molar-refractivity contribution in [1.29, 1.82) is 0 Å². The number of carbonyl (C=O) groups is 2. The van der Waals surface area contributed by atoms with E-state index in [0.717, 1.165) is 0 Å². The van der Waals surface area contributed by atoms with Crippen LogP contribution in [0.25, 0.3) is 0 Å². The van der Waals surface area contributed by atoms with E-state index in [2.05, 4.69) is 5.32 Å². The lowest BCUT2D eigenvalue weighted by Gasteiger charge is -2.28.